The highest BCUT2D eigenvalue weighted by Gasteiger charge is 2.20. The van der Waals surface area contributed by atoms with Crippen molar-refractivity contribution in [3.05, 3.63) is 218 Å². The van der Waals surface area contributed by atoms with Gasteiger partial charge in [-0.1, -0.05) is 170 Å². The Morgan fingerprint density at radius 1 is 0.306 bits per heavy atom. The van der Waals surface area contributed by atoms with Crippen molar-refractivity contribution < 1.29 is 4.42 Å². The lowest BCUT2D eigenvalue weighted by atomic mass is 9.95. The third-order valence-electron chi connectivity index (χ3n) is 11.9. The molecule has 0 amide bonds. The molecule has 0 unspecified atom stereocenters. The van der Waals surface area contributed by atoms with Crippen molar-refractivity contribution in [1.29, 1.82) is 0 Å². The number of aromatic nitrogens is 4. The van der Waals surface area contributed by atoms with E-state index in [4.69, 9.17) is 19.4 Å². The number of benzene rings is 9. The first-order valence-corrected chi connectivity index (χ1v) is 20.8. The van der Waals surface area contributed by atoms with Crippen LogP contribution in [-0.2, 0) is 0 Å². The summed E-state index contributed by atoms with van der Waals surface area (Å²) in [5.74, 6) is 1.77. The van der Waals surface area contributed by atoms with Crippen molar-refractivity contribution in [3.63, 3.8) is 0 Å². The Bertz CT molecular complexity index is 3590. The summed E-state index contributed by atoms with van der Waals surface area (Å²) in [5.41, 5.74) is 14.5. The zero-order valence-electron chi connectivity index (χ0n) is 33.5. The Morgan fingerprint density at radius 3 is 1.44 bits per heavy atom. The number of fused-ring (bicyclic) bond motifs is 6. The number of hydrogen-bond donors (Lipinski definition) is 0. The van der Waals surface area contributed by atoms with Gasteiger partial charge in [-0.3, -0.25) is 0 Å². The van der Waals surface area contributed by atoms with Crippen LogP contribution in [0.3, 0.4) is 0 Å². The Labute approximate surface area is 357 Å². The summed E-state index contributed by atoms with van der Waals surface area (Å²) >= 11 is 0. The van der Waals surface area contributed by atoms with E-state index in [0.717, 1.165) is 72.1 Å². The van der Waals surface area contributed by atoms with Crippen molar-refractivity contribution in [2.24, 2.45) is 0 Å². The Balaban J connectivity index is 1.01. The van der Waals surface area contributed by atoms with E-state index in [1.807, 2.05) is 48.5 Å². The molecule has 0 saturated heterocycles. The number of hydrogen-bond acceptors (Lipinski definition) is 4. The molecule has 0 aliphatic heterocycles. The minimum absolute atomic E-state index is 0.569. The standard InChI is InChI=1S/C57H36N4O/c1-4-14-37(15-5-1)38-24-26-39(27-25-38)40-28-30-42(31-29-40)56-58-55(41-16-6-2-7-17-41)59-57(60-56)44-35-48(54-47-21-11-13-23-52(47)62-53(54)36-44)43-32-33-51-49(34-43)46-20-10-12-22-50(46)61(51)45-18-8-3-9-19-45/h1-36H. The summed E-state index contributed by atoms with van der Waals surface area (Å²) in [4.78, 5) is 15.4. The summed E-state index contributed by atoms with van der Waals surface area (Å²) in [6, 6.07) is 76.3. The topological polar surface area (TPSA) is 56.7 Å². The van der Waals surface area contributed by atoms with Crippen LogP contribution in [0.2, 0.25) is 0 Å². The van der Waals surface area contributed by atoms with Crippen LogP contribution in [0.25, 0.3) is 117 Å². The van der Waals surface area contributed by atoms with Crippen LogP contribution in [0, 0.1) is 0 Å². The van der Waals surface area contributed by atoms with E-state index in [-0.39, 0.29) is 0 Å². The van der Waals surface area contributed by atoms with Crippen LogP contribution in [0.15, 0.2) is 223 Å². The van der Waals surface area contributed by atoms with Gasteiger partial charge in [0.1, 0.15) is 11.2 Å². The fraction of sp³-hybridized carbons (Fsp3) is 0. The minimum Gasteiger partial charge on any atom is -0.456 e. The van der Waals surface area contributed by atoms with Gasteiger partial charge in [-0.25, -0.2) is 15.0 Å². The maximum absolute atomic E-state index is 6.64. The van der Waals surface area contributed by atoms with Crippen LogP contribution in [-0.4, -0.2) is 19.5 Å². The van der Waals surface area contributed by atoms with Gasteiger partial charge >= 0.3 is 0 Å². The fourth-order valence-electron chi connectivity index (χ4n) is 8.85. The van der Waals surface area contributed by atoms with Gasteiger partial charge in [0.15, 0.2) is 17.5 Å². The molecule has 0 radical (unpaired) electrons. The molecule has 0 saturated carbocycles. The second-order valence-electron chi connectivity index (χ2n) is 15.6. The first-order chi connectivity index (χ1) is 30.7. The molecular weight excluding hydrogens is 757 g/mol. The van der Waals surface area contributed by atoms with Gasteiger partial charge in [0.25, 0.3) is 0 Å². The number of nitrogens with zero attached hydrogens (tertiary/aromatic N) is 4. The quantitative estimate of drug-likeness (QED) is 0.161. The summed E-state index contributed by atoms with van der Waals surface area (Å²) < 4.78 is 8.99. The van der Waals surface area contributed by atoms with Gasteiger partial charge in [-0.05, 0) is 81.9 Å². The van der Waals surface area contributed by atoms with E-state index < -0.39 is 0 Å². The van der Waals surface area contributed by atoms with Crippen molar-refractivity contribution in [2.45, 2.75) is 0 Å². The van der Waals surface area contributed by atoms with Crippen molar-refractivity contribution in [1.82, 2.24) is 19.5 Å². The average Bonchev–Trinajstić information content (AvgIpc) is 3.90. The molecule has 0 atom stereocenters. The summed E-state index contributed by atoms with van der Waals surface area (Å²) in [5, 5.41) is 4.49. The highest BCUT2D eigenvalue weighted by Crippen LogP contribution is 2.42. The van der Waals surface area contributed by atoms with Gasteiger partial charge in [0.2, 0.25) is 0 Å². The van der Waals surface area contributed by atoms with Crippen LogP contribution in [0.5, 0.6) is 0 Å². The van der Waals surface area contributed by atoms with E-state index in [9.17, 15) is 0 Å². The number of furan rings is 1. The van der Waals surface area contributed by atoms with Crippen molar-refractivity contribution in [2.75, 3.05) is 0 Å². The third kappa shape index (κ3) is 6.14. The lowest BCUT2D eigenvalue weighted by molar-refractivity contribution is 0.669. The summed E-state index contributed by atoms with van der Waals surface area (Å²) in [7, 11) is 0. The average molecular weight is 793 g/mol. The maximum atomic E-state index is 6.64. The van der Waals surface area contributed by atoms with E-state index >= 15 is 0 Å². The molecule has 0 fully saturated rings. The molecule has 0 spiro atoms. The van der Waals surface area contributed by atoms with E-state index in [0.29, 0.717) is 17.5 Å². The highest BCUT2D eigenvalue weighted by molar-refractivity contribution is 6.16. The van der Waals surface area contributed by atoms with Gasteiger partial charge in [0, 0.05) is 43.9 Å². The normalized spacial score (nSPS) is 11.5. The minimum atomic E-state index is 0.569. The fourth-order valence-corrected chi connectivity index (χ4v) is 8.85. The summed E-state index contributed by atoms with van der Waals surface area (Å²) in [6.07, 6.45) is 0. The number of para-hydroxylation sites is 3. The second-order valence-corrected chi connectivity index (χ2v) is 15.6. The molecule has 5 heteroatoms. The SMILES string of the molecule is c1ccc(-c2ccc(-c3ccc(-c4nc(-c5ccccc5)nc(-c5cc(-c6ccc7c(c6)c6ccccc6n7-c6ccccc6)c6c(c5)oc5ccccc56)n4)cc3)cc2)cc1. The predicted octanol–water partition coefficient (Wildman–Crippen LogP) is 14.9. The molecule has 0 N–H and O–H groups in total. The Kier molecular flexibility index (Phi) is 8.42. The first kappa shape index (κ1) is 35.5. The molecule has 290 valence electrons. The molecule has 3 heterocycles. The maximum Gasteiger partial charge on any atom is 0.164 e. The zero-order chi connectivity index (χ0) is 41.0. The lowest BCUT2D eigenvalue weighted by Gasteiger charge is -2.12. The zero-order valence-corrected chi connectivity index (χ0v) is 33.5. The van der Waals surface area contributed by atoms with Gasteiger partial charge in [-0.15, -0.1) is 0 Å². The molecule has 5 nitrogen and oxygen atoms in total. The molecule has 9 aromatic carbocycles. The molecular formula is C57H36N4O. The largest absolute Gasteiger partial charge is 0.456 e. The monoisotopic (exact) mass is 792 g/mol. The Hall–Kier alpha value is -8.41. The van der Waals surface area contributed by atoms with Gasteiger partial charge in [0.05, 0.1) is 11.0 Å². The van der Waals surface area contributed by atoms with Crippen molar-refractivity contribution in [3.8, 4) is 73.2 Å². The first-order valence-electron chi connectivity index (χ1n) is 20.8. The molecule has 12 aromatic rings. The van der Waals surface area contributed by atoms with Crippen LogP contribution in [0.1, 0.15) is 0 Å². The molecule has 0 aliphatic rings. The van der Waals surface area contributed by atoms with E-state index in [1.54, 1.807) is 0 Å². The molecule has 3 aromatic heterocycles. The van der Waals surface area contributed by atoms with Gasteiger partial charge in [-0.2, -0.15) is 0 Å². The lowest BCUT2D eigenvalue weighted by Crippen LogP contribution is -2.00. The van der Waals surface area contributed by atoms with E-state index in [2.05, 4.69) is 174 Å². The molecule has 12 rings (SSSR count). The molecule has 0 aliphatic carbocycles. The molecule has 0 bridgehead atoms. The Morgan fingerprint density at radius 2 is 0.774 bits per heavy atom. The van der Waals surface area contributed by atoms with Crippen LogP contribution >= 0.6 is 0 Å². The number of rotatable bonds is 7. The van der Waals surface area contributed by atoms with Gasteiger partial charge < -0.3 is 8.98 Å². The third-order valence-corrected chi connectivity index (χ3v) is 11.9. The van der Waals surface area contributed by atoms with Crippen LogP contribution in [0.4, 0.5) is 0 Å². The smallest absolute Gasteiger partial charge is 0.164 e. The summed E-state index contributed by atoms with van der Waals surface area (Å²) in [6.45, 7) is 0. The predicted molar refractivity (Wildman–Crippen MR) is 254 cm³/mol. The molecule has 62 heavy (non-hydrogen) atoms. The van der Waals surface area contributed by atoms with E-state index in [1.165, 1.54) is 27.4 Å². The second kappa shape index (κ2) is 14.7. The van der Waals surface area contributed by atoms with Crippen molar-refractivity contribution >= 4 is 43.7 Å². The van der Waals surface area contributed by atoms with Crippen LogP contribution < -0.4 is 0 Å². The highest BCUT2D eigenvalue weighted by atomic mass is 16.3.